The molecular weight excluding hydrogens is 264 g/mol. The number of hydrogen-bond acceptors (Lipinski definition) is 4. The zero-order valence-electron chi connectivity index (χ0n) is 11.1. The lowest BCUT2D eigenvalue weighted by Crippen LogP contribution is -2.04. The summed E-state index contributed by atoms with van der Waals surface area (Å²) in [4.78, 5) is 11.5. The van der Waals surface area contributed by atoms with Crippen LogP contribution in [-0.2, 0) is 20.9 Å². The number of rotatable bonds is 10. The first-order chi connectivity index (χ1) is 9.22. The van der Waals surface area contributed by atoms with Gasteiger partial charge >= 0.3 is 5.97 Å². The molecule has 0 aliphatic heterocycles. The van der Waals surface area contributed by atoms with Crippen molar-refractivity contribution in [2.45, 2.75) is 26.4 Å². The zero-order valence-corrected chi connectivity index (χ0v) is 11.9. The van der Waals surface area contributed by atoms with E-state index in [0.29, 0.717) is 19.8 Å². The van der Waals surface area contributed by atoms with Gasteiger partial charge in [0.15, 0.2) is 0 Å². The van der Waals surface area contributed by atoms with Crippen LogP contribution in [0.1, 0.15) is 30.2 Å². The fourth-order valence-corrected chi connectivity index (χ4v) is 2.16. The summed E-state index contributed by atoms with van der Waals surface area (Å²) in [6, 6.07) is 1.93. The van der Waals surface area contributed by atoms with Crippen LogP contribution in [0.5, 0.6) is 0 Å². The lowest BCUT2D eigenvalue weighted by atomic mass is 10.3. The highest BCUT2D eigenvalue weighted by atomic mass is 32.1. The highest BCUT2D eigenvalue weighted by molar-refractivity contribution is 7.10. The number of aliphatic carboxylic acids is 1. The zero-order chi connectivity index (χ0) is 13.9. The Bertz CT molecular complexity index is 398. The molecule has 0 saturated carbocycles. The summed E-state index contributed by atoms with van der Waals surface area (Å²) in [5, 5.41) is 10.4. The summed E-state index contributed by atoms with van der Waals surface area (Å²) in [6.45, 7) is 4.68. The molecule has 1 aromatic rings. The molecule has 0 aromatic carbocycles. The maximum atomic E-state index is 10.4. The smallest absolute Gasteiger partial charge is 0.328 e. The Hall–Kier alpha value is -1.17. The molecule has 106 valence electrons. The first kappa shape index (κ1) is 15.9. The average molecular weight is 284 g/mol. The van der Waals surface area contributed by atoms with Gasteiger partial charge in [-0.3, -0.25) is 0 Å². The number of ether oxygens (including phenoxy) is 2. The van der Waals surface area contributed by atoms with Crippen LogP contribution in [0.3, 0.4) is 0 Å². The van der Waals surface area contributed by atoms with E-state index < -0.39 is 5.97 Å². The topological polar surface area (TPSA) is 55.8 Å². The van der Waals surface area contributed by atoms with Crippen LogP contribution in [0.4, 0.5) is 0 Å². The van der Waals surface area contributed by atoms with Crippen LogP contribution in [0, 0.1) is 0 Å². The molecule has 5 heteroatoms. The van der Waals surface area contributed by atoms with Crippen molar-refractivity contribution in [1.29, 1.82) is 0 Å². The van der Waals surface area contributed by atoms with Crippen LogP contribution >= 0.6 is 11.3 Å². The minimum atomic E-state index is -0.937. The van der Waals surface area contributed by atoms with E-state index in [1.807, 2.05) is 11.4 Å². The molecule has 0 spiro atoms. The van der Waals surface area contributed by atoms with Gasteiger partial charge in [-0.25, -0.2) is 4.79 Å². The highest BCUT2D eigenvalue weighted by Gasteiger charge is 1.98. The molecular formula is C14H20O4S. The van der Waals surface area contributed by atoms with Crippen molar-refractivity contribution in [3.05, 3.63) is 28.0 Å². The van der Waals surface area contributed by atoms with Crippen molar-refractivity contribution in [3.63, 3.8) is 0 Å². The third-order valence-electron chi connectivity index (χ3n) is 2.35. The van der Waals surface area contributed by atoms with Crippen LogP contribution in [0.15, 0.2) is 17.5 Å². The molecule has 1 N–H and O–H groups in total. The van der Waals surface area contributed by atoms with E-state index in [2.05, 4.69) is 6.92 Å². The van der Waals surface area contributed by atoms with Gasteiger partial charge in [0.05, 0.1) is 19.8 Å². The van der Waals surface area contributed by atoms with Gasteiger partial charge in [0.2, 0.25) is 0 Å². The summed E-state index contributed by atoms with van der Waals surface area (Å²) >= 11 is 1.56. The molecule has 4 nitrogen and oxygen atoms in total. The largest absolute Gasteiger partial charge is 0.478 e. The fourth-order valence-electron chi connectivity index (χ4n) is 1.37. The second kappa shape index (κ2) is 9.72. The van der Waals surface area contributed by atoms with Gasteiger partial charge in [0.25, 0.3) is 0 Å². The van der Waals surface area contributed by atoms with Gasteiger partial charge in [-0.1, -0.05) is 13.3 Å². The van der Waals surface area contributed by atoms with Gasteiger partial charge < -0.3 is 14.6 Å². The standard InChI is InChI=1S/C14H20O4S/c1-2-3-6-17-7-8-18-10-13-9-12(11-19-13)4-5-14(15)16/h4-5,9,11H,2-3,6-8,10H2,1H3,(H,15,16). The van der Waals surface area contributed by atoms with Crippen molar-refractivity contribution in [1.82, 2.24) is 0 Å². The number of hydrogen-bond donors (Lipinski definition) is 1. The number of unbranched alkanes of at least 4 members (excludes halogenated alkanes) is 1. The monoisotopic (exact) mass is 284 g/mol. The fraction of sp³-hybridized carbons (Fsp3) is 0.500. The second-order valence-corrected chi connectivity index (χ2v) is 5.03. The summed E-state index contributed by atoms with van der Waals surface area (Å²) in [7, 11) is 0. The van der Waals surface area contributed by atoms with Crippen molar-refractivity contribution in [3.8, 4) is 0 Å². The van der Waals surface area contributed by atoms with Gasteiger partial charge in [-0.15, -0.1) is 11.3 Å². The maximum absolute atomic E-state index is 10.4. The van der Waals surface area contributed by atoms with E-state index in [4.69, 9.17) is 14.6 Å². The molecule has 0 amide bonds. The normalized spacial score (nSPS) is 11.2. The number of carboxylic acids is 1. The van der Waals surface area contributed by atoms with Gasteiger partial charge in [-0.05, 0) is 29.5 Å². The quantitative estimate of drug-likeness (QED) is 0.529. The Labute approximate surface area is 117 Å². The molecule has 0 fully saturated rings. The van der Waals surface area contributed by atoms with Crippen molar-refractivity contribution in [2.75, 3.05) is 19.8 Å². The number of thiophene rings is 1. The lowest BCUT2D eigenvalue weighted by molar-refractivity contribution is -0.131. The van der Waals surface area contributed by atoms with Crippen LogP contribution in [0.2, 0.25) is 0 Å². The van der Waals surface area contributed by atoms with E-state index in [0.717, 1.165) is 36.0 Å². The van der Waals surface area contributed by atoms with Gasteiger partial charge in [0.1, 0.15) is 0 Å². The molecule has 0 aliphatic rings. The predicted molar refractivity (Wildman–Crippen MR) is 76.4 cm³/mol. The van der Waals surface area contributed by atoms with E-state index >= 15 is 0 Å². The Morgan fingerprint density at radius 3 is 2.89 bits per heavy atom. The summed E-state index contributed by atoms with van der Waals surface area (Å²) in [5.41, 5.74) is 0.894. The third kappa shape index (κ3) is 7.77. The predicted octanol–water partition coefficient (Wildman–Crippen LogP) is 3.18. The highest BCUT2D eigenvalue weighted by Crippen LogP contribution is 2.16. The molecule has 0 aliphatic carbocycles. The van der Waals surface area contributed by atoms with E-state index in [9.17, 15) is 4.79 Å². The van der Waals surface area contributed by atoms with Crippen molar-refractivity contribution >= 4 is 23.4 Å². The molecule has 0 atom stereocenters. The van der Waals surface area contributed by atoms with E-state index in [1.54, 1.807) is 17.4 Å². The van der Waals surface area contributed by atoms with Crippen LogP contribution < -0.4 is 0 Å². The molecule has 1 aromatic heterocycles. The molecule has 1 rings (SSSR count). The van der Waals surface area contributed by atoms with Gasteiger partial charge in [-0.2, -0.15) is 0 Å². The van der Waals surface area contributed by atoms with Gasteiger partial charge in [0, 0.05) is 17.6 Å². The average Bonchev–Trinajstić information content (AvgIpc) is 2.83. The van der Waals surface area contributed by atoms with Crippen LogP contribution in [-0.4, -0.2) is 30.9 Å². The van der Waals surface area contributed by atoms with Crippen molar-refractivity contribution in [2.24, 2.45) is 0 Å². The molecule has 1 heterocycles. The Kier molecular flexibility index (Phi) is 8.13. The number of carboxylic acid groups (broad SMARTS) is 1. The van der Waals surface area contributed by atoms with E-state index in [1.165, 1.54) is 0 Å². The molecule has 0 radical (unpaired) electrons. The molecule has 19 heavy (non-hydrogen) atoms. The minimum absolute atomic E-state index is 0.544. The first-order valence-electron chi connectivity index (χ1n) is 6.36. The summed E-state index contributed by atoms with van der Waals surface area (Å²) in [5.74, 6) is -0.937. The molecule has 0 bridgehead atoms. The number of carbonyl (C=O) groups is 1. The summed E-state index contributed by atoms with van der Waals surface area (Å²) in [6.07, 6.45) is 4.94. The van der Waals surface area contributed by atoms with E-state index in [-0.39, 0.29) is 0 Å². The molecule has 0 unspecified atom stereocenters. The van der Waals surface area contributed by atoms with Crippen molar-refractivity contribution < 1.29 is 19.4 Å². The summed E-state index contributed by atoms with van der Waals surface area (Å²) < 4.78 is 10.9. The Balaban J connectivity index is 2.14. The molecule has 0 saturated heterocycles. The Morgan fingerprint density at radius 2 is 2.16 bits per heavy atom. The SMILES string of the molecule is CCCCOCCOCc1cc(C=CC(=O)O)cs1. The third-order valence-corrected chi connectivity index (χ3v) is 3.28. The maximum Gasteiger partial charge on any atom is 0.328 e. The van der Waals surface area contributed by atoms with Crippen LogP contribution in [0.25, 0.3) is 6.08 Å². The first-order valence-corrected chi connectivity index (χ1v) is 7.24. The Morgan fingerprint density at radius 1 is 1.37 bits per heavy atom. The minimum Gasteiger partial charge on any atom is -0.478 e. The second-order valence-electron chi connectivity index (χ2n) is 4.04. The lowest BCUT2D eigenvalue weighted by Gasteiger charge is -2.03.